The Morgan fingerprint density at radius 1 is 1.25 bits per heavy atom. The minimum absolute atomic E-state index is 0.0428. The monoisotopic (exact) mass is 267 g/mol. The van der Waals surface area contributed by atoms with Crippen LogP contribution in [0.25, 0.3) is 11.3 Å². The Balaban J connectivity index is 1.76. The fraction of sp³-hybridized carbons (Fsp3) is 0.312. The number of nitrogens with one attached hydrogen (secondary N) is 1. The summed E-state index contributed by atoms with van der Waals surface area (Å²) in [5.41, 5.74) is 9.72. The van der Waals surface area contributed by atoms with E-state index in [1.807, 2.05) is 12.1 Å². The van der Waals surface area contributed by atoms with Gasteiger partial charge in [-0.1, -0.05) is 18.2 Å². The van der Waals surface area contributed by atoms with Crippen LogP contribution >= 0.6 is 0 Å². The molecule has 1 aromatic heterocycles. The van der Waals surface area contributed by atoms with Gasteiger partial charge in [-0.05, 0) is 42.5 Å². The van der Waals surface area contributed by atoms with Crippen molar-refractivity contribution >= 4 is 5.96 Å². The number of hydrogen-bond acceptors (Lipinski definition) is 4. The van der Waals surface area contributed by atoms with E-state index in [-0.39, 0.29) is 5.54 Å². The summed E-state index contributed by atoms with van der Waals surface area (Å²) < 4.78 is 5.56. The molecule has 1 aliphatic heterocycles. The van der Waals surface area contributed by atoms with Gasteiger partial charge < -0.3 is 15.5 Å². The molecule has 0 bridgehead atoms. The number of nitrogens with two attached hydrogens (primary N) is 1. The normalized spacial score (nSPS) is 24.3. The van der Waals surface area contributed by atoms with Gasteiger partial charge in [0.15, 0.2) is 5.96 Å². The quantitative estimate of drug-likeness (QED) is 0.831. The lowest BCUT2D eigenvalue weighted by molar-refractivity contribution is 0.394. The van der Waals surface area contributed by atoms with Crippen LogP contribution in [-0.2, 0) is 12.8 Å². The molecule has 4 nitrogen and oxygen atoms in total. The van der Waals surface area contributed by atoms with E-state index in [2.05, 4.69) is 28.5 Å². The van der Waals surface area contributed by atoms with Crippen molar-refractivity contribution < 1.29 is 4.42 Å². The SMILES string of the molecule is NC1=N[C@]2(CCc3c(cccc3-c3ccco3)C2)CN1. The van der Waals surface area contributed by atoms with Crippen molar-refractivity contribution in [2.24, 2.45) is 10.7 Å². The lowest BCUT2D eigenvalue weighted by Gasteiger charge is -2.32. The molecule has 20 heavy (non-hydrogen) atoms. The van der Waals surface area contributed by atoms with Crippen LogP contribution in [0, 0.1) is 0 Å². The summed E-state index contributed by atoms with van der Waals surface area (Å²) in [5, 5.41) is 3.16. The number of rotatable bonds is 1. The lowest BCUT2D eigenvalue weighted by atomic mass is 9.77. The topological polar surface area (TPSA) is 63.5 Å². The standard InChI is InChI=1S/C16H17N3O/c17-15-18-10-16(19-15)7-6-12-11(9-16)3-1-4-13(12)14-5-2-8-20-14/h1-5,8H,6-7,9-10H2,(H3,17,18,19)/t16-/m0/s1. The van der Waals surface area contributed by atoms with E-state index in [1.165, 1.54) is 16.7 Å². The third kappa shape index (κ3) is 1.72. The Morgan fingerprint density at radius 2 is 2.20 bits per heavy atom. The molecule has 102 valence electrons. The van der Waals surface area contributed by atoms with Gasteiger partial charge >= 0.3 is 0 Å². The molecule has 0 saturated heterocycles. The predicted octanol–water partition coefficient (Wildman–Crippen LogP) is 2.09. The zero-order valence-electron chi connectivity index (χ0n) is 11.2. The predicted molar refractivity (Wildman–Crippen MR) is 78.5 cm³/mol. The van der Waals surface area contributed by atoms with Gasteiger partial charge in [0.05, 0.1) is 11.8 Å². The molecule has 3 N–H and O–H groups in total. The largest absolute Gasteiger partial charge is 0.464 e. The summed E-state index contributed by atoms with van der Waals surface area (Å²) in [4.78, 5) is 4.63. The number of fused-ring (bicyclic) bond motifs is 1. The fourth-order valence-electron chi connectivity index (χ4n) is 3.39. The van der Waals surface area contributed by atoms with Gasteiger partial charge in [-0.3, -0.25) is 0 Å². The first-order valence-corrected chi connectivity index (χ1v) is 7.00. The summed E-state index contributed by atoms with van der Waals surface area (Å²) in [6.07, 6.45) is 4.73. The first kappa shape index (κ1) is 11.6. The molecule has 2 heterocycles. The number of hydrogen-bond donors (Lipinski definition) is 2. The highest BCUT2D eigenvalue weighted by atomic mass is 16.3. The smallest absolute Gasteiger partial charge is 0.189 e. The van der Waals surface area contributed by atoms with Crippen LogP contribution in [0.5, 0.6) is 0 Å². The second-order valence-electron chi connectivity index (χ2n) is 5.67. The van der Waals surface area contributed by atoms with Crippen LogP contribution in [0.15, 0.2) is 46.0 Å². The van der Waals surface area contributed by atoms with Crippen LogP contribution in [0.3, 0.4) is 0 Å². The van der Waals surface area contributed by atoms with E-state index in [4.69, 9.17) is 10.2 Å². The lowest BCUT2D eigenvalue weighted by Crippen LogP contribution is -2.39. The Kier molecular flexibility index (Phi) is 2.39. The van der Waals surface area contributed by atoms with Crippen LogP contribution in [0.1, 0.15) is 17.5 Å². The highest BCUT2D eigenvalue weighted by molar-refractivity contribution is 5.80. The molecule has 1 aromatic carbocycles. The van der Waals surface area contributed by atoms with E-state index in [0.29, 0.717) is 5.96 Å². The summed E-state index contributed by atoms with van der Waals surface area (Å²) in [7, 11) is 0. The average Bonchev–Trinajstić information content (AvgIpc) is 3.09. The van der Waals surface area contributed by atoms with E-state index in [9.17, 15) is 0 Å². The number of benzene rings is 1. The van der Waals surface area contributed by atoms with Crippen molar-refractivity contribution in [2.45, 2.75) is 24.8 Å². The molecule has 4 heteroatoms. The molecule has 1 aliphatic carbocycles. The summed E-state index contributed by atoms with van der Waals surface area (Å²) in [6, 6.07) is 10.4. The van der Waals surface area contributed by atoms with Gasteiger partial charge in [0.25, 0.3) is 0 Å². The molecule has 1 atom stereocenters. The minimum atomic E-state index is -0.0428. The van der Waals surface area contributed by atoms with Crippen LogP contribution in [0.2, 0.25) is 0 Å². The maximum Gasteiger partial charge on any atom is 0.189 e. The Labute approximate surface area is 117 Å². The first-order chi connectivity index (χ1) is 9.76. The van der Waals surface area contributed by atoms with Gasteiger partial charge in [-0.25, -0.2) is 4.99 Å². The second-order valence-corrected chi connectivity index (χ2v) is 5.67. The molecule has 0 fully saturated rings. The molecular weight excluding hydrogens is 250 g/mol. The van der Waals surface area contributed by atoms with Gasteiger partial charge in [-0.15, -0.1) is 0 Å². The van der Waals surface area contributed by atoms with Crippen molar-refractivity contribution in [3.63, 3.8) is 0 Å². The molecule has 4 rings (SSSR count). The minimum Gasteiger partial charge on any atom is -0.464 e. The first-order valence-electron chi connectivity index (χ1n) is 7.00. The van der Waals surface area contributed by atoms with Crippen LogP contribution in [-0.4, -0.2) is 18.0 Å². The number of aliphatic imine (C=N–C) groups is 1. The summed E-state index contributed by atoms with van der Waals surface area (Å²) in [5.74, 6) is 1.53. The highest BCUT2D eigenvalue weighted by Gasteiger charge is 2.38. The zero-order valence-corrected chi connectivity index (χ0v) is 11.2. The van der Waals surface area contributed by atoms with Crippen LogP contribution < -0.4 is 11.1 Å². The zero-order chi connectivity index (χ0) is 13.6. The third-order valence-corrected chi connectivity index (χ3v) is 4.38. The fourth-order valence-corrected chi connectivity index (χ4v) is 3.39. The Morgan fingerprint density at radius 3 is 2.95 bits per heavy atom. The van der Waals surface area contributed by atoms with Gasteiger partial charge in [0.2, 0.25) is 0 Å². The maximum atomic E-state index is 5.79. The van der Waals surface area contributed by atoms with Crippen molar-refractivity contribution in [3.8, 4) is 11.3 Å². The van der Waals surface area contributed by atoms with E-state index in [0.717, 1.165) is 31.6 Å². The second kappa shape index (κ2) is 4.13. The third-order valence-electron chi connectivity index (χ3n) is 4.38. The summed E-state index contributed by atoms with van der Waals surface area (Å²) >= 11 is 0. The Bertz CT molecular complexity index is 675. The molecule has 2 aromatic rings. The van der Waals surface area contributed by atoms with Crippen molar-refractivity contribution in [3.05, 3.63) is 47.7 Å². The van der Waals surface area contributed by atoms with Crippen molar-refractivity contribution in [2.75, 3.05) is 6.54 Å². The van der Waals surface area contributed by atoms with E-state index < -0.39 is 0 Å². The molecular formula is C16H17N3O. The molecule has 1 spiro atoms. The molecule has 0 radical (unpaired) electrons. The molecule has 0 saturated carbocycles. The van der Waals surface area contributed by atoms with Crippen molar-refractivity contribution in [1.29, 1.82) is 0 Å². The molecule has 2 aliphatic rings. The van der Waals surface area contributed by atoms with Gasteiger partial charge in [0, 0.05) is 12.1 Å². The van der Waals surface area contributed by atoms with E-state index >= 15 is 0 Å². The summed E-state index contributed by atoms with van der Waals surface area (Å²) in [6.45, 7) is 0.850. The highest BCUT2D eigenvalue weighted by Crippen LogP contribution is 2.37. The Hall–Kier alpha value is -2.23. The van der Waals surface area contributed by atoms with Crippen molar-refractivity contribution in [1.82, 2.24) is 5.32 Å². The number of nitrogens with zero attached hydrogens (tertiary/aromatic N) is 1. The van der Waals surface area contributed by atoms with Gasteiger partial charge in [0.1, 0.15) is 5.76 Å². The van der Waals surface area contributed by atoms with Crippen LogP contribution in [0.4, 0.5) is 0 Å². The molecule has 0 unspecified atom stereocenters. The van der Waals surface area contributed by atoms with Gasteiger partial charge in [-0.2, -0.15) is 0 Å². The van der Waals surface area contributed by atoms with E-state index in [1.54, 1.807) is 6.26 Å². The number of furan rings is 1. The number of guanidine groups is 1. The molecule has 0 amide bonds. The maximum absolute atomic E-state index is 5.79. The average molecular weight is 267 g/mol.